The molecule has 4 nitrogen and oxygen atoms in total. The van der Waals surface area contributed by atoms with Gasteiger partial charge in [0.15, 0.2) is 0 Å². The van der Waals surface area contributed by atoms with E-state index in [-0.39, 0.29) is 5.66 Å². The van der Waals surface area contributed by atoms with Gasteiger partial charge in [-0.15, -0.1) is 11.6 Å². The maximum absolute atomic E-state index is 5.93. The maximum atomic E-state index is 5.93. The first kappa shape index (κ1) is 28.9. The van der Waals surface area contributed by atoms with Crippen molar-refractivity contribution >= 4 is 33.2 Å². The number of anilines is 1. The molecule has 2 aromatic rings. The van der Waals surface area contributed by atoms with Crippen LogP contribution in [0, 0.1) is 0 Å². The molecule has 2 heterocycles. The summed E-state index contributed by atoms with van der Waals surface area (Å²) in [7, 11) is 0. The van der Waals surface area contributed by atoms with Crippen LogP contribution in [0.2, 0.25) is 0 Å². The third-order valence-corrected chi connectivity index (χ3v) is 8.87. The van der Waals surface area contributed by atoms with Crippen LogP contribution in [0.4, 0.5) is 5.69 Å². The van der Waals surface area contributed by atoms with Gasteiger partial charge in [-0.2, -0.15) is 0 Å². The van der Waals surface area contributed by atoms with Crippen LogP contribution in [0.1, 0.15) is 61.6 Å². The van der Waals surface area contributed by atoms with E-state index < -0.39 is 0 Å². The van der Waals surface area contributed by atoms with Gasteiger partial charge in [0.2, 0.25) is 0 Å². The molecule has 4 rings (SSSR count). The Balaban J connectivity index is 1.56. The summed E-state index contributed by atoms with van der Waals surface area (Å²) < 4.78 is 0. The minimum Gasteiger partial charge on any atom is -0.366 e. The maximum Gasteiger partial charge on any atom is 0.116 e. The summed E-state index contributed by atoms with van der Waals surface area (Å²) >= 11 is 9.50. The molecule has 1 unspecified atom stereocenters. The van der Waals surface area contributed by atoms with Crippen molar-refractivity contribution in [1.29, 1.82) is 0 Å². The Morgan fingerprint density at radius 3 is 2.43 bits per heavy atom. The van der Waals surface area contributed by atoms with Crippen LogP contribution in [-0.2, 0) is 18.5 Å². The molecule has 0 radical (unpaired) electrons. The van der Waals surface area contributed by atoms with Gasteiger partial charge in [-0.1, -0.05) is 77.7 Å². The van der Waals surface area contributed by atoms with E-state index in [4.69, 9.17) is 11.6 Å². The van der Waals surface area contributed by atoms with Crippen LogP contribution >= 0.6 is 27.5 Å². The van der Waals surface area contributed by atoms with Gasteiger partial charge in [-0.25, -0.2) is 0 Å². The summed E-state index contributed by atoms with van der Waals surface area (Å²) in [5.74, 6) is 0.766. The van der Waals surface area contributed by atoms with E-state index >= 15 is 0 Å². The number of halogens is 2. The molecule has 2 fully saturated rings. The summed E-state index contributed by atoms with van der Waals surface area (Å²) in [6, 6.07) is 18.6. The summed E-state index contributed by atoms with van der Waals surface area (Å²) in [6.07, 6.45) is 11.0. The predicted molar refractivity (Wildman–Crippen MR) is 163 cm³/mol. The molecule has 1 atom stereocenters. The second-order valence-corrected chi connectivity index (χ2v) is 11.8. The first-order valence-corrected chi connectivity index (χ1v) is 16.2. The molecule has 0 aromatic heterocycles. The van der Waals surface area contributed by atoms with Crippen LogP contribution in [0.15, 0.2) is 48.5 Å². The number of unbranched alkanes of at least 4 members (excludes halogenated alkanes) is 5. The Kier molecular flexibility index (Phi) is 12.1. The molecular weight excluding hydrogens is 544 g/mol. The van der Waals surface area contributed by atoms with Crippen molar-refractivity contribution in [3.05, 3.63) is 65.2 Å². The van der Waals surface area contributed by atoms with Crippen LogP contribution < -0.4 is 15.5 Å². The molecule has 2 aliphatic heterocycles. The summed E-state index contributed by atoms with van der Waals surface area (Å²) in [4.78, 5) is 5.36. The molecule has 2 aromatic carbocycles. The Bertz CT molecular complexity index is 935. The minimum atomic E-state index is -0.169. The molecule has 2 aliphatic rings. The zero-order valence-electron chi connectivity index (χ0n) is 22.5. The quantitative estimate of drug-likeness (QED) is 0.200. The monoisotopic (exact) mass is 588 g/mol. The van der Waals surface area contributed by atoms with Gasteiger partial charge in [0.1, 0.15) is 5.66 Å². The zero-order chi connectivity index (χ0) is 25.8. The Morgan fingerprint density at radius 2 is 1.59 bits per heavy atom. The van der Waals surface area contributed by atoms with Crippen molar-refractivity contribution in [3.8, 4) is 0 Å². The highest BCUT2D eigenvalue weighted by molar-refractivity contribution is 9.09. The molecule has 0 aliphatic carbocycles. The van der Waals surface area contributed by atoms with E-state index in [2.05, 4.69) is 84.9 Å². The lowest BCUT2D eigenvalue weighted by molar-refractivity contribution is 0.0352. The number of nitrogens with one attached hydrogen (secondary N) is 2. The van der Waals surface area contributed by atoms with E-state index in [1.165, 1.54) is 67.3 Å². The van der Waals surface area contributed by atoms with Gasteiger partial charge in [-0.05, 0) is 61.3 Å². The molecule has 0 bridgehead atoms. The number of piperazine rings is 2. The average molecular weight is 590 g/mol. The van der Waals surface area contributed by atoms with E-state index in [9.17, 15) is 0 Å². The standard InChI is InChI=1S/C31H46BrClN4/c32-17-8-2-1-4-11-27-12-10-15-29(25-27)31(37-23-19-34-20-24-37)26-36(22-21-35-31)30-16-7-6-14-28(30)13-5-3-9-18-33/h6-7,10,12,14-16,25,34-35H,1-5,8-9,11,13,17-24,26H2. The number of aryl methyl sites for hydroxylation is 2. The van der Waals surface area contributed by atoms with Crippen LogP contribution in [0.3, 0.4) is 0 Å². The fourth-order valence-electron chi connectivity index (χ4n) is 6.03. The second-order valence-electron chi connectivity index (χ2n) is 10.6. The fraction of sp³-hybridized carbons (Fsp3) is 0.613. The zero-order valence-corrected chi connectivity index (χ0v) is 24.8. The number of benzene rings is 2. The van der Waals surface area contributed by atoms with Gasteiger partial charge < -0.3 is 10.2 Å². The van der Waals surface area contributed by atoms with Gasteiger partial charge in [-0.3, -0.25) is 10.2 Å². The Hall–Kier alpha value is -1.11. The average Bonchev–Trinajstić information content (AvgIpc) is 2.96. The van der Waals surface area contributed by atoms with Crippen LogP contribution in [0.25, 0.3) is 0 Å². The highest BCUT2D eigenvalue weighted by Crippen LogP contribution is 2.34. The van der Waals surface area contributed by atoms with Gasteiger partial charge in [0.25, 0.3) is 0 Å². The summed E-state index contributed by atoms with van der Waals surface area (Å²) in [6.45, 7) is 7.23. The number of hydrogen-bond acceptors (Lipinski definition) is 4. The molecule has 0 spiro atoms. The van der Waals surface area contributed by atoms with Crippen molar-refractivity contribution in [2.24, 2.45) is 0 Å². The largest absolute Gasteiger partial charge is 0.366 e. The highest BCUT2D eigenvalue weighted by Gasteiger charge is 2.43. The van der Waals surface area contributed by atoms with E-state index in [1.807, 2.05) is 0 Å². The van der Waals surface area contributed by atoms with Gasteiger partial charge in [0.05, 0.1) is 6.54 Å². The second kappa shape index (κ2) is 15.5. The SMILES string of the molecule is ClCCCCCc1ccccc1N1CCNC(c2cccc(CCCCCCBr)c2)(N2CCNCC2)C1. The molecule has 2 N–H and O–H groups in total. The normalized spacial score (nSPS) is 20.9. The van der Waals surface area contributed by atoms with Gasteiger partial charge >= 0.3 is 0 Å². The van der Waals surface area contributed by atoms with Crippen LogP contribution in [0.5, 0.6) is 0 Å². The summed E-state index contributed by atoms with van der Waals surface area (Å²) in [5, 5.41) is 8.73. The van der Waals surface area contributed by atoms with E-state index in [1.54, 1.807) is 0 Å². The molecule has 37 heavy (non-hydrogen) atoms. The molecule has 2 saturated heterocycles. The minimum absolute atomic E-state index is 0.169. The highest BCUT2D eigenvalue weighted by atomic mass is 79.9. The number of alkyl halides is 2. The lowest BCUT2D eigenvalue weighted by Gasteiger charge is -2.52. The fourth-order valence-corrected chi connectivity index (χ4v) is 6.61. The van der Waals surface area contributed by atoms with Crippen molar-refractivity contribution < 1.29 is 0 Å². The smallest absolute Gasteiger partial charge is 0.116 e. The first-order valence-electron chi connectivity index (χ1n) is 14.5. The predicted octanol–water partition coefficient (Wildman–Crippen LogP) is 6.30. The third kappa shape index (κ3) is 7.95. The van der Waals surface area contributed by atoms with Crippen LogP contribution in [-0.4, -0.2) is 61.9 Å². The number of para-hydroxylation sites is 1. The van der Waals surface area contributed by atoms with Crippen molar-refractivity contribution in [3.63, 3.8) is 0 Å². The summed E-state index contributed by atoms with van der Waals surface area (Å²) in [5.41, 5.74) is 5.63. The lowest BCUT2D eigenvalue weighted by Crippen LogP contribution is -2.69. The van der Waals surface area contributed by atoms with E-state index in [0.29, 0.717) is 0 Å². The molecular formula is C31H46BrClN4. The topological polar surface area (TPSA) is 30.5 Å². The number of rotatable bonds is 14. The molecule has 6 heteroatoms. The van der Waals surface area contributed by atoms with Crippen molar-refractivity contribution in [1.82, 2.24) is 15.5 Å². The lowest BCUT2D eigenvalue weighted by atomic mass is 9.90. The Labute approximate surface area is 238 Å². The first-order chi connectivity index (χ1) is 18.3. The van der Waals surface area contributed by atoms with Gasteiger partial charge in [0, 0.05) is 56.2 Å². The Morgan fingerprint density at radius 1 is 0.811 bits per heavy atom. The van der Waals surface area contributed by atoms with E-state index in [0.717, 1.165) is 69.9 Å². The third-order valence-electron chi connectivity index (χ3n) is 8.04. The van der Waals surface area contributed by atoms with Crippen molar-refractivity contribution in [2.45, 2.75) is 63.5 Å². The molecule has 0 amide bonds. The van der Waals surface area contributed by atoms with Crippen molar-refractivity contribution in [2.75, 3.05) is 61.9 Å². The molecule has 0 saturated carbocycles. The number of nitrogens with zero attached hydrogens (tertiary/aromatic N) is 2. The molecule has 204 valence electrons. The number of hydrogen-bond donors (Lipinski definition) is 2.